The monoisotopic (exact) mass is 491 g/mol. The zero-order chi connectivity index (χ0) is 24.8. The first-order valence-electron chi connectivity index (χ1n) is 11.7. The van der Waals surface area contributed by atoms with Gasteiger partial charge >= 0.3 is 12.1 Å². The topological polar surface area (TPSA) is 93.3 Å². The Kier molecular flexibility index (Phi) is 7.82. The fourth-order valence-electron chi connectivity index (χ4n) is 3.86. The highest BCUT2D eigenvalue weighted by Gasteiger charge is 2.27. The number of alkyl carbamates (subject to hydrolysis) is 1. The van der Waals surface area contributed by atoms with Gasteiger partial charge in [0.25, 0.3) is 0 Å². The van der Waals surface area contributed by atoms with E-state index in [1.165, 1.54) is 11.3 Å². The fourth-order valence-corrected chi connectivity index (χ4v) is 4.97. The van der Waals surface area contributed by atoms with Crippen LogP contribution in [0, 0.1) is 0 Å². The summed E-state index contributed by atoms with van der Waals surface area (Å²) in [5.41, 5.74) is 3.26. The van der Waals surface area contributed by atoms with E-state index in [4.69, 9.17) is 9.47 Å². The van der Waals surface area contributed by atoms with Crippen molar-refractivity contribution in [2.75, 3.05) is 6.61 Å². The third-order valence-corrected chi connectivity index (χ3v) is 7.03. The van der Waals surface area contributed by atoms with E-state index in [0.29, 0.717) is 17.1 Å². The van der Waals surface area contributed by atoms with Gasteiger partial charge in [-0.15, -0.1) is 11.3 Å². The lowest BCUT2D eigenvalue weighted by atomic mass is 10.1. The number of rotatable bonds is 9. The van der Waals surface area contributed by atoms with Gasteiger partial charge in [0.05, 0.1) is 12.6 Å². The summed E-state index contributed by atoms with van der Waals surface area (Å²) in [6, 6.07) is 17.0. The first-order valence-corrected chi connectivity index (χ1v) is 12.5. The van der Waals surface area contributed by atoms with Gasteiger partial charge in [-0.1, -0.05) is 62.4 Å². The van der Waals surface area contributed by atoms with Crippen LogP contribution in [0.4, 0.5) is 4.79 Å². The van der Waals surface area contributed by atoms with E-state index >= 15 is 0 Å². The second-order valence-electron chi connectivity index (χ2n) is 8.46. The van der Waals surface area contributed by atoms with Gasteiger partial charge in [0.2, 0.25) is 0 Å². The van der Waals surface area contributed by atoms with Gasteiger partial charge in [0, 0.05) is 28.4 Å². The van der Waals surface area contributed by atoms with Crippen molar-refractivity contribution in [1.29, 1.82) is 0 Å². The number of amides is 1. The summed E-state index contributed by atoms with van der Waals surface area (Å²) in [6.45, 7) is 6.22. The predicted octanol–water partition coefficient (Wildman–Crippen LogP) is 6.13. The molecule has 0 radical (unpaired) electrons. The summed E-state index contributed by atoms with van der Waals surface area (Å²) in [5, 5.41) is 4.69. The van der Waals surface area contributed by atoms with E-state index < -0.39 is 18.1 Å². The van der Waals surface area contributed by atoms with E-state index in [1.54, 1.807) is 6.92 Å². The third-order valence-electron chi connectivity index (χ3n) is 5.56. The Morgan fingerprint density at radius 3 is 2.54 bits per heavy atom. The highest BCUT2D eigenvalue weighted by molar-refractivity contribution is 7.12. The van der Waals surface area contributed by atoms with Crippen LogP contribution in [0.2, 0.25) is 0 Å². The van der Waals surface area contributed by atoms with Crippen molar-refractivity contribution in [3.8, 4) is 0 Å². The Morgan fingerprint density at radius 2 is 1.80 bits per heavy atom. The van der Waals surface area contributed by atoms with Crippen LogP contribution >= 0.6 is 11.3 Å². The average Bonchev–Trinajstić information content (AvgIpc) is 3.48. The molecule has 4 aromatic rings. The summed E-state index contributed by atoms with van der Waals surface area (Å²) in [6.07, 6.45) is 1.88. The van der Waals surface area contributed by atoms with Crippen molar-refractivity contribution in [3.63, 3.8) is 0 Å². The van der Waals surface area contributed by atoms with Gasteiger partial charge in [0.1, 0.15) is 11.6 Å². The Balaban J connectivity index is 1.62. The molecule has 0 aliphatic carbocycles. The molecule has 0 saturated heterocycles. The first kappa shape index (κ1) is 24.5. The molecule has 0 saturated carbocycles. The summed E-state index contributed by atoms with van der Waals surface area (Å²) in [5.74, 6) is -0.365. The van der Waals surface area contributed by atoms with E-state index in [2.05, 4.69) is 15.3 Å². The maximum absolute atomic E-state index is 12.8. The molecule has 0 bridgehead atoms. The van der Waals surface area contributed by atoms with Gasteiger partial charge < -0.3 is 19.8 Å². The molecule has 35 heavy (non-hydrogen) atoms. The summed E-state index contributed by atoms with van der Waals surface area (Å²) < 4.78 is 10.7. The van der Waals surface area contributed by atoms with Crippen molar-refractivity contribution < 1.29 is 19.1 Å². The van der Waals surface area contributed by atoms with Gasteiger partial charge in [0.15, 0.2) is 5.69 Å². The number of hydrogen-bond donors (Lipinski definition) is 2. The molecule has 1 amide bonds. The molecule has 0 aliphatic rings. The number of para-hydroxylation sites is 1. The van der Waals surface area contributed by atoms with E-state index in [9.17, 15) is 9.59 Å². The number of carbonyl (C=O) groups excluding carboxylic acids is 2. The van der Waals surface area contributed by atoms with Crippen LogP contribution in [0.1, 0.15) is 64.2 Å². The lowest BCUT2D eigenvalue weighted by Gasteiger charge is -2.16. The predicted molar refractivity (Wildman–Crippen MR) is 137 cm³/mol. The molecule has 182 valence electrons. The minimum atomic E-state index is -0.544. The minimum absolute atomic E-state index is 0.0828. The van der Waals surface area contributed by atoms with Gasteiger partial charge in [-0.25, -0.2) is 14.6 Å². The lowest BCUT2D eigenvalue weighted by molar-refractivity contribution is 0.0518. The molecular formula is C27H29N3O4S. The first-order chi connectivity index (χ1) is 17.0. The molecule has 0 spiro atoms. The van der Waals surface area contributed by atoms with Crippen molar-refractivity contribution in [2.45, 2.75) is 45.8 Å². The van der Waals surface area contributed by atoms with Crippen LogP contribution in [0.15, 0.2) is 60.8 Å². The molecule has 0 aliphatic heterocycles. The van der Waals surface area contributed by atoms with Gasteiger partial charge in [-0.2, -0.15) is 0 Å². The SMILES string of the molecule is CCOC(=O)c1nc([C@@H](Cc2c[nH]c3ccccc23)NC(=O)OCc2ccccc2)sc1C(C)C. The Labute approximate surface area is 208 Å². The van der Waals surface area contributed by atoms with Crippen LogP contribution in [0.25, 0.3) is 10.9 Å². The summed E-state index contributed by atoms with van der Waals surface area (Å²) >= 11 is 1.42. The normalized spacial score (nSPS) is 12.0. The van der Waals surface area contributed by atoms with E-state index in [0.717, 1.165) is 26.9 Å². The summed E-state index contributed by atoms with van der Waals surface area (Å²) in [7, 11) is 0. The van der Waals surface area contributed by atoms with Gasteiger partial charge in [-0.05, 0) is 30.0 Å². The number of benzene rings is 2. The van der Waals surface area contributed by atoms with Crippen molar-refractivity contribution in [3.05, 3.63) is 87.5 Å². The smallest absolute Gasteiger partial charge is 0.408 e. The number of nitrogens with one attached hydrogen (secondary N) is 2. The zero-order valence-corrected chi connectivity index (χ0v) is 20.9. The summed E-state index contributed by atoms with van der Waals surface area (Å²) in [4.78, 5) is 34.1. The molecule has 7 nitrogen and oxygen atoms in total. The number of aromatic nitrogens is 2. The van der Waals surface area contributed by atoms with Crippen LogP contribution in [-0.2, 0) is 22.5 Å². The minimum Gasteiger partial charge on any atom is -0.461 e. The molecule has 0 unspecified atom stereocenters. The Hall–Kier alpha value is -3.65. The standard InChI is InChI=1S/C27H29N3O4S/c1-4-33-26(31)23-24(17(2)3)35-25(30-23)22(14-19-15-28-21-13-9-8-12-20(19)21)29-27(32)34-16-18-10-6-5-7-11-18/h5-13,15,17,22,28H,4,14,16H2,1-3H3,(H,29,32)/t22-/m1/s1. The highest BCUT2D eigenvalue weighted by atomic mass is 32.1. The number of carbonyl (C=O) groups is 2. The van der Waals surface area contributed by atoms with Gasteiger partial charge in [-0.3, -0.25) is 0 Å². The second kappa shape index (κ2) is 11.2. The third kappa shape index (κ3) is 5.89. The maximum atomic E-state index is 12.8. The number of H-pyrrole nitrogens is 1. The maximum Gasteiger partial charge on any atom is 0.408 e. The van der Waals surface area contributed by atoms with Crippen LogP contribution < -0.4 is 5.32 Å². The molecule has 0 fully saturated rings. The van der Waals surface area contributed by atoms with E-state index in [-0.39, 0.29) is 19.1 Å². The Bertz CT molecular complexity index is 1300. The van der Waals surface area contributed by atoms with Crippen molar-refractivity contribution >= 4 is 34.3 Å². The second-order valence-corrected chi connectivity index (χ2v) is 9.52. The highest BCUT2D eigenvalue weighted by Crippen LogP contribution is 2.33. The van der Waals surface area contributed by atoms with Crippen molar-refractivity contribution in [2.24, 2.45) is 0 Å². The molecule has 1 atom stereocenters. The van der Waals surface area contributed by atoms with Crippen LogP contribution in [-0.4, -0.2) is 28.6 Å². The number of hydrogen-bond acceptors (Lipinski definition) is 6. The zero-order valence-electron chi connectivity index (χ0n) is 20.0. The molecule has 2 aromatic carbocycles. The largest absolute Gasteiger partial charge is 0.461 e. The molecular weight excluding hydrogens is 462 g/mol. The lowest BCUT2D eigenvalue weighted by Crippen LogP contribution is -2.30. The molecule has 4 rings (SSSR count). The number of fused-ring (bicyclic) bond motifs is 1. The van der Waals surface area contributed by atoms with Crippen LogP contribution in [0.5, 0.6) is 0 Å². The number of thiazole rings is 1. The van der Waals surface area contributed by atoms with Crippen molar-refractivity contribution in [1.82, 2.24) is 15.3 Å². The number of aromatic amines is 1. The number of ether oxygens (including phenoxy) is 2. The average molecular weight is 492 g/mol. The molecule has 2 aromatic heterocycles. The quantitative estimate of drug-likeness (QED) is 0.275. The number of nitrogens with zero attached hydrogens (tertiary/aromatic N) is 1. The Morgan fingerprint density at radius 1 is 1.06 bits per heavy atom. The molecule has 8 heteroatoms. The molecule has 2 N–H and O–H groups in total. The fraction of sp³-hybridized carbons (Fsp3) is 0.296. The molecule has 2 heterocycles. The van der Waals surface area contributed by atoms with E-state index in [1.807, 2.05) is 74.6 Å². The van der Waals surface area contributed by atoms with Crippen LogP contribution in [0.3, 0.4) is 0 Å². The number of esters is 1.